The zero-order valence-corrected chi connectivity index (χ0v) is 22.1. The van der Waals surface area contributed by atoms with Gasteiger partial charge in [0.1, 0.15) is 11.7 Å². The molecule has 5 aromatic rings. The molecule has 0 bridgehead atoms. The fourth-order valence-electron chi connectivity index (χ4n) is 4.79. The van der Waals surface area contributed by atoms with Crippen molar-refractivity contribution in [1.82, 2.24) is 24.3 Å². The Labute approximate surface area is 230 Å². The number of amides is 1. The number of thiazole rings is 1. The molecule has 2 N–H and O–H groups in total. The van der Waals surface area contributed by atoms with E-state index in [1.807, 2.05) is 24.3 Å². The predicted molar refractivity (Wildman–Crippen MR) is 146 cm³/mol. The monoisotopic (exact) mass is 570 g/mol. The highest BCUT2D eigenvalue weighted by Gasteiger charge is 2.34. The van der Waals surface area contributed by atoms with Crippen molar-refractivity contribution in [2.75, 3.05) is 11.9 Å². The van der Waals surface area contributed by atoms with Crippen LogP contribution in [0.2, 0.25) is 10.0 Å². The number of nitrogens with zero attached hydrogens (tertiary/aromatic N) is 5. The number of hydrogen-bond acceptors (Lipinski definition) is 6. The fourth-order valence-corrected chi connectivity index (χ4v) is 5.88. The van der Waals surface area contributed by atoms with Crippen LogP contribution in [-0.2, 0) is 24.2 Å². The van der Waals surface area contributed by atoms with Crippen LogP contribution in [-0.4, -0.2) is 48.1 Å². The average molecular weight is 571 g/mol. The van der Waals surface area contributed by atoms with E-state index in [1.54, 1.807) is 34.7 Å². The normalized spacial score (nSPS) is 15.6. The number of anilines is 1. The molecule has 6 rings (SSSR count). The molecule has 194 valence electrons. The second kappa shape index (κ2) is 10.1. The van der Waals surface area contributed by atoms with Crippen LogP contribution in [0.3, 0.4) is 0 Å². The SMILES string of the molecule is O=C(Nc1nccs1)[C@@H](c1ncn2c1C[C@@H](F)C2)n1cc2c(Cl)cc(-c3ccc(CCO)cc3)c(Cl)c2n1. The van der Waals surface area contributed by atoms with Crippen molar-refractivity contribution in [1.29, 1.82) is 0 Å². The number of halogens is 3. The number of alkyl halides is 1. The Morgan fingerprint density at radius 1 is 1.26 bits per heavy atom. The highest BCUT2D eigenvalue weighted by Crippen LogP contribution is 2.39. The largest absolute Gasteiger partial charge is 0.396 e. The van der Waals surface area contributed by atoms with Gasteiger partial charge in [0.15, 0.2) is 11.2 Å². The summed E-state index contributed by atoms with van der Waals surface area (Å²) in [6.45, 7) is 0.265. The van der Waals surface area contributed by atoms with Crippen molar-refractivity contribution in [2.24, 2.45) is 0 Å². The Morgan fingerprint density at radius 3 is 2.82 bits per heavy atom. The molecule has 12 heteroatoms. The van der Waals surface area contributed by atoms with Crippen LogP contribution >= 0.6 is 34.5 Å². The molecular formula is C26H21Cl2FN6O2S. The van der Waals surface area contributed by atoms with Gasteiger partial charge in [0.05, 0.1) is 28.6 Å². The topological polar surface area (TPSA) is 97.9 Å². The van der Waals surface area contributed by atoms with Gasteiger partial charge in [0.2, 0.25) is 0 Å². The third-order valence-electron chi connectivity index (χ3n) is 6.59. The Kier molecular flexibility index (Phi) is 6.65. The number of aliphatic hydroxyl groups is 1. The van der Waals surface area contributed by atoms with Gasteiger partial charge < -0.3 is 9.67 Å². The quantitative estimate of drug-likeness (QED) is 0.276. The number of fused-ring (bicyclic) bond motifs is 2. The number of imidazole rings is 1. The summed E-state index contributed by atoms with van der Waals surface area (Å²) in [4.78, 5) is 22.2. The van der Waals surface area contributed by atoms with Gasteiger partial charge in [-0.1, -0.05) is 47.5 Å². The van der Waals surface area contributed by atoms with Crippen LogP contribution < -0.4 is 5.32 Å². The summed E-state index contributed by atoms with van der Waals surface area (Å²) in [7, 11) is 0. The van der Waals surface area contributed by atoms with Crippen molar-refractivity contribution in [2.45, 2.75) is 31.6 Å². The smallest absolute Gasteiger partial charge is 0.257 e. The third-order valence-corrected chi connectivity index (χ3v) is 7.98. The van der Waals surface area contributed by atoms with E-state index < -0.39 is 18.1 Å². The number of aromatic nitrogens is 5. The number of nitrogens with one attached hydrogen (secondary N) is 1. The van der Waals surface area contributed by atoms with Crippen molar-refractivity contribution in [3.8, 4) is 11.1 Å². The summed E-state index contributed by atoms with van der Waals surface area (Å²) in [6.07, 6.45) is 4.49. The molecule has 0 unspecified atom stereocenters. The summed E-state index contributed by atoms with van der Waals surface area (Å²) in [5.41, 5.74) is 4.03. The van der Waals surface area contributed by atoms with E-state index in [9.17, 15) is 14.3 Å². The minimum Gasteiger partial charge on any atom is -0.396 e. The van der Waals surface area contributed by atoms with Gasteiger partial charge in [-0.3, -0.25) is 14.8 Å². The minimum absolute atomic E-state index is 0.0680. The third kappa shape index (κ3) is 4.47. The van der Waals surface area contributed by atoms with Gasteiger partial charge in [-0.2, -0.15) is 5.10 Å². The van der Waals surface area contributed by atoms with Gasteiger partial charge in [0.25, 0.3) is 5.91 Å². The van der Waals surface area contributed by atoms with Crippen LogP contribution in [0, 0.1) is 0 Å². The Bertz CT molecular complexity index is 1630. The first-order chi connectivity index (χ1) is 18.4. The molecule has 1 aliphatic heterocycles. The number of carbonyl (C=O) groups excluding carboxylic acids is 1. The molecule has 0 aliphatic carbocycles. The molecule has 0 saturated carbocycles. The molecule has 3 aromatic heterocycles. The lowest BCUT2D eigenvalue weighted by atomic mass is 10.0. The van der Waals surface area contributed by atoms with E-state index in [0.717, 1.165) is 11.1 Å². The van der Waals surface area contributed by atoms with Gasteiger partial charge in [-0.05, 0) is 23.6 Å². The maximum absolute atomic E-state index is 14.2. The van der Waals surface area contributed by atoms with Crippen LogP contribution in [0.25, 0.3) is 22.0 Å². The fraction of sp³-hybridized carbons (Fsp3) is 0.231. The number of rotatable bonds is 7. The number of benzene rings is 2. The maximum atomic E-state index is 14.2. The summed E-state index contributed by atoms with van der Waals surface area (Å²) >= 11 is 14.8. The molecular weight excluding hydrogens is 550 g/mol. The Balaban J connectivity index is 1.45. The molecule has 1 amide bonds. The van der Waals surface area contributed by atoms with Crippen molar-refractivity contribution >= 4 is 56.5 Å². The summed E-state index contributed by atoms with van der Waals surface area (Å²) < 4.78 is 17.4. The van der Waals surface area contributed by atoms with Crippen molar-refractivity contribution < 1.29 is 14.3 Å². The molecule has 1 aliphatic rings. The second-order valence-corrected chi connectivity index (χ2v) is 10.7. The molecule has 0 fully saturated rings. The highest BCUT2D eigenvalue weighted by molar-refractivity contribution is 7.13. The lowest BCUT2D eigenvalue weighted by molar-refractivity contribution is -0.118. The number of carbonyl (C=O) groups is 1. The summed E-state index contributed by atoms with van der Waals surface area (Å²) in [5.74, 6) is -0.413. The molecule has 8 nitrogen and oxygen atoms in total. The first kappa shape index (κ1) is 25.0. The maximum Gasteiger partial charge on any atom is 0.257 e. The van der Waals surface area contributed by atoms with E-state index in [4.69, 9.17) is 28.3 Å². The van der Waals surface area contributed by atoms with Crippen LogP contribution in [0.1, 0.15) is 23.0 Å². The van der Waals surface area contributed by atoms with Gasteiger partial charge in [-0.25, -0.2) is 14.4 Å². The van der Waals surface area contributed by atoms with E-state index in [1.165, 1.54) is 16.0 Å². The summed E-state index contributed by atoms with van der Waals surface area (Å²) in [5, 5.41) is 20.3. The lowest BCUT2D eigenvalue weighted by Crippen LogP contribution is -2.28. The van der Waals surface area contributed by atoms with Crippen LogP contribution in [0.4, 0.5) is 9.52 Å². The first-order valence-electron chi connectivity index (χ1n) is 11.9. The molecule has 38 heavy (non-hydrogen) atoms. The van der Waals surface area contributed by atoms with Gasteiger partial charge in [-0.15, -0.1) is 11.3 Å². The number of hydrogen-bond donors (Lipinski definition) is 2. The van der Waals surface area contributed by atoms with E-state index >= 15 is 0 Å². The molecule has 0 saturated heterocycles. The minimum atomic E-state index is -1.04. The van der Waals surface area contributed by atoms with Crippen molar-refractivity contribution in [3.05, 3.63) is 81.4 Å². The van der Waals surface area contributed by atoms with E-state index in [2.05, 4.69) is 15.3 Å². The molecule has 2 atom stereocenters. The molecule has 0 spiro atoms. The van der Waals surface area contributed by atoms with E-state index in [0.29, 0.717) is 49.5 Å². The molecule has 4 heterocycles. The Morgan fingerprint density at radius 2 is 2.08 bits per heavy atom. The molecule has 2 aromatic carbocycles. The molecule has 0 radical (unpaired) electrons. The number of aliphatic hydroxyl groups excluding tert-OH is 1. The van der Waals surface area contributed by atoms with Crippen LogP contribution in [0.15, 0.2) is 54.4 Å². The zero-order chi connectivity index (χ0) is 26.4. The van der Waals surface area contributed by atoms with Crippen molar-refractivity contribution in [3.63, 3.8) is 0 Å². The predicted octanol–water partition coefficient (Wildman–Crippen LogP) is 5.32. The highest BCUT2D eigenvalue weighted by atomic mass is 35.5. The Hall–Kier alpha value is -3.31. The lowest BCUT2D eigenvalue weighted by Gasteiger charge is -2.16. The summed E-state index contributed by atoms with van der Waals surface area (Å²) in [6, 6.07) is 8.45. The van der Waals surface area contributed by atoms with E-state index in [-0.39, 0.29) is 19.6 Å². The first-order valence-corrected chi connectivity index (χ1v) is 13.5. The standard InChI is InChI=1S/C26H21Cl2FN6O2S/c27-19-10-17(15-3-1-14(2-4-15)5-7-36)21(28)22-18(19)12-35(33-22)24(25(37)32-26-30-6-8-38-26)23-20-9-16(29)11-34(20)13-31-23/h1-4,6,8,10,12-13,16,24,36H,5,7,9,11H2,(H,30,32,37)/t16-,24-/m1/s1. The van der Waals surface area contributed by atoms with Crippen LogP contribution in [0.5, 0.6) is 0 Å². The average Bonchev–Trinajstić information content (AvgIpc) is 3.69. The zero-order valence-electron chi connectivity index (χ0n) is 19.8. The van der Waals surface area contributed by atoms with Gasteiger partial charge >= 0.3 is 0 Å². The second-order valence-electron chi connectivity index (χ2n) is 9.02. The van der Waals surface area contributed by atoms with Gasteiger partial charge in [0, 0.05) is 47.4 Å².